The number of aldehydes is 1. The van der Waals surface area contributed by atoms with Crippen LogP contribution in [-0.4, -0.2) is 29.5 Å². The summed E-state index contributed by atoms with van der Waals surface area (Å²) in [5.74, 6) is -0.211. The molecule has 0 N–H and O–H groups in total. The van der Waals surface area contributed by atoms with Crippen molar-refractivity contribution in [3.8, 4) is 0 Å². The Kier molecular flexibility index (Phi) is 2.96. The summed E-state index contributed by atoms with van der Waals surface area (Å²) < 4.78 is 0. The fourth-order valence-electron chi connectivity index (χ4n) is 1.21. The molecule has 1 fully saturated rings. The monoisotopic (exact) mass is 169 g/mol. The van der Waals surface area contributed by atoms with Gasteiger partial charge in [-0.1, -0.05) is 0 Å². The molecule has 0 aliphatic carbocycles. The summed E-state index contributed by atoms with van der Waals surface area (Å²) in [5, 5.41) is 0. The number of carbonyl (C=O) groups is 3. The van der Waals surface area contributed by atoms with Crippen LogP contribution in [0.25, 0.3) is 0 Å². The molecule has 0 bridgehead atoms. The van der Waals surface area contributed by atoms with Gasteiger partial charge < -0.3 is 4.79 Å². The Labute approximate surface area is 70.5 Å². The Morgan fingerprint density at radius 3 is 2.33 bits per heavy atom. The lowest BCUT2D eigenvalue weighted by Gasteiger charge is -2.11. The minimum absolute atomic E-state index is 0.106. The third-order valence-electron chi connectivity index (χ3n) is 1.86. The van der Waals surface area contributed by atoms with Crippen molar-refractivity contribution in [1.29, 1.82) is 0 Å². The zero-order valence-electron chi connectivity index (χ0n) is 6.78. The van der Waals surface area contributed by atoms with Crippen LogP contribution in [0, 0.1) is 0 Å². The van der Waals surface area contributed by atoms with E-state index in [4.69, 9.17) is 0 Å². The first-order valence-electron chi connectivity index (χ1n) is 4.02. The number of unbranched alkanes of at least 4 members (excludes halogenated alkanes) is 1. The Morgan fingerprint density at radius 2 is 1.83 bits per heavy atom. The van der Waals surface area contributed by atoms with Gasteiger partial charge in [0.15, 0.2) is 0 Å². The first kappa shape index (κ1) is 8.90. The Balaban J connectivity index is 2.34. The quantitative estimate of drug-likeness (QED) is 0.341. The minimum Gasteiger partial charge on any atom is -0.303 e. The van der Waals surface area contributed by atoms with Gasteiger partial charge in [0.2, 0.25) is 11.8 Å². The molecule has 1 saturated heterocycles. The molecule has 0 saturated carbocycles. The Morgan fingerprint density at radius 1 is 1.25 bits per heavy atom. The Bertz CT molecular complexity index is 196. The molecule has 12 heavy (non-hydrogen) atoms. The summed E-state index contributed by atoms with van der Waals surface area (Å²) in [4.78, 5) is 33.2. The average Bonchev–Trinajstić information content (AvgIpc) is 2.35. The molecule has 0 radical (unpaired) electrons. The number of hydrogen-bond donors (Lipinski definition) is 0. The molecule has 1 rings (SSSR count). The summed E-state index contributed by atoms with van der Waals surface area (Å²) in [6.45, 7) is 0.399. The SMILES string of the molecule is O=CCCCN1C(=O)CCC1=O. The van der Waals surface area contributed by atoms with Gasteiger partial charge in [0.1, 0.15) is 6.29 Å². The lowest BCUT2D eigenvalue weighted by atomic mass is 10.3. The second kappa shape index (κ2) is 3.99. The first-order valence-corrected chi connectivity index (χ1v) is 4.02. The van der Waals surface area contributed by atoms with Crippen LogP contribution >= 0.6 is 0 Å². The van der Waals surface area contributed by atoms with E-state index < -0.39 is 0 Å². The second-order valence-electron chi connectivity index (χ2n) is 2.75. The molecule has 0 aromatic rings. The minimum atomic E-state index is -0.106. The molecule has 1 aliphatic heterocycles. The predicted octanol–water partition coefficient (Wildman–Crippen LogP) is 0.115. The molecule has 1 aliphatic rings. The molecule has 4 heteroatoms. The topological polar surface area (TPSA) is 54.5 Å². The summed E-state index contributed by atoms with van der Waals surface area (Å²) >= 11 is 0. The number of carbonyl (C=O) groups excluding carboxylic acids is 3. The molecular formula is C8H11NO3. The molecule has 1 heterocycles. The van der Waals surface area contributed by atoms with Crippen LogP contribution in [0.2, 0.25) is 0 Å². The third kappa shape index (κ3) is 1.90. The molecule has 0 unspecified atom stereocenters. The summed E-state index contributed by atoms with van der Waals surface area (Å²) in [7, 11) is 0. The average molecular weight is 169 g/mol. The number of amides is 2. The van der Waals surface area contributed by atoms with Gasteiger partial charge in [-0.3, -0.25) is 14.5 Å². The molecule has 2 amide bonds. The fourth-order valence-corrected chi connectivity index (χ4v) is 1.21. The molecule has 0 aromatic carbocycles. The zero-order valence-corrected chi connectivity index (χ0v) is 6.78. The molecule has 0 atom stereocenters. The van der Waals surface area contributed by atoms with E-state index >= 15 is 0 Å². The van der Waals surface area contributed by atoms with E-state index in [-0.39, 0.29) is 11.8 Å². The predicted molar refractivity (Wildman–Crippen MR) is 41.3 cm³/mol. The van der Waals surface area contributed by atoms with Gasteiger partial charge in [-0.25, -0.2) is 0 Å². The highest BCUT2D eigenvalue weighted by Crippen LogP contribution is 2.11. The van der Waals surface area contributed by atoms with Gasteiger partial charge in [-0.15, -0.1) is 0 Å². The summed E-state index contributed by atoms with van der Waals surface area (Å²) in [6.07, 6.45) is 2.46. The van der Waals surface area contributed by atoms with Crippen molar-refractivity contribution in [3.63, 3.8) is 0 Å². The summed E-state index contributed by atoms with van der Waals surface area (Å²) in [6, 6.07) is 0. The normalized spacial score (nSPS) is 17.2. The van der Waals surface area contributed by atoms with Crippen molar-refractivity contribution in [2.45, 2.75) is 25.7 Å². The van der Waals surface area contributed by atoms with Gasteiger partial charge >= 0.3 is 0 Å². The molecular weight excluding hydrogens is 158 g/mol. The summed E-state index contributed by atoms with van der Waals surface area (Å²) in [5.41, 5.74) is 0. The number of rotatable bonds is 4. The first-order chi connectivity index (χ1) is 5.75. The van der Waals surface area contributed by atoms with Crippen LogP contribution in [0.3, 0.4) is 0 Å². The van der Waals surface area contributed by atoms with Gasteiger partial charge in [0.05, 0.1) is 0 Å². The van der Waals surface area contributed by atoms with Crippen molar-refractivity contribution in [3.05, 3.63) is 0 Å². The fraction of sp³-hybridized carbons (Fsp3) is 0.625. The van der Waals surface area contributed by atoms with Crippen molar-refractivity contribution in [2.24, 2.45) is 0 Å². The lowest BCUT2D eigenvalue weighted by Crippen LogP contribution is -2.29. The van der Waals surface area contributed by atoms with Gasteiger partial charge in [-0.2, -0.15) is 0 Å². The van der Waals surface area contributed by atoms with E-state index in [2.05, 4.69) is 0 Å². The van der Waals surface area contributed by atoms with Crippen LogP contribution < -0.4 is 0 Å². The van der Waals surface area contributed by atoms with Crippen LogP contribution in [0.1, 0.15) is 25.7 Å². The largest absolute Gasteiger partial charge is 0.303 e. The van der Waals surface area contributed by atoms with Crippen molar-refractivity contribution in [1.82, 2.24) is 4.90 Å². The maximum Gasteiger partial charge on any atom is 0.229 e. The highest BCUT2D eigenvalue weighted by molar-refractivity contribution is 6.01. The van der Waals surface area contributed by atoms with E-state index in [9.17, 15) is 14.4 Å². The van der Waals surface area contributed by atoms with Gasteiger partial charge in [0.25, 0.3) is 0 Å². The Hall–Kier alpha value is -1.19. The standard InChI is InChI=1S/C8H11NO3/c10-6-2-1-5-9-7(11)3-4-8(9)12/h6H,1-5H2. The maximum absolute atomic E-state index is 11.0. The maximum atomic E-state index is 11.0. The number of imide groups is 1. The van der Waals surface area contributed by atoms with Crippen LogP contribution in [0.15, 0.2) is 0 Å². The molecule has 0 spiro atoms. The van der Waals surface area contributed by atoms with E-state index in [0.29, 0.717) is 32.2 Å². The van der Waals surface area contributed by atoms with Gasteiger partial charge in [-0.05, 0) is 6.42 Å². The van der Waals surface area contributed by atoms with E-state index in [0.717, 1.165) is 6.29 Å². The van der Waals surface area contributed by atoms with Gasteiger partial charge in [0, 0.05) is 25.8 Å². The number of hydrogen-bond acceptors (Lipinski definition) is 3. The zero-order chi connectivity index (χ0) is 8.97. The molecule has 4 nitrogen and oxygen atoms in total. The van der Waals surface area contributed by atoms with Crippen LogP contribution in [0.4, 0.5) is 0 Å². The van der Waals surface area contributed by atoms with Crippen molar-refractivity contribution in [2.75, 3.05) is 6.54 Å². The highest BCUT2D eigenvalue weighted by Gasteiger charge is 2.27. The molecule has 0 aromatic heterocycles. The van der Waals surface area contributed by atoms with Crippen molar-refractivity contribution >= 4 is 18.1 Å². The number of likely N-dealkylation sites (tertiary alicyclic amines) is 1. The van der Waals surface area contributed by atoms with E-state index in [1.54, 1.807) is 0 Å². The van der Waals surface area contributed by atoms with Crippen LogP contribution in [0.5, 0.6) is 0 Å². The molecule has 66 valence electrons. The van der Waals surface area contributed by atoms with E-state index in [1.165, 1.54) is 4.90 Å². The van der Waals surface area contributed by atoms with E-state index in [1.807, 2.05) is 0 Å². The second-order valence-corrected chi connectivity index (χ2v) is 2.75. The highest BCUT2D eigenvalue weighted by atomic mass is 16.2. The van der Waals surface area contributed by atoms with Crippen LogP contribution in [-0.2, 0) is 14.4 Å². The smallest absolute Gasteiger partial charge is 0.229 e. The lowest BCUT2D eigenvalue weighted by molar-refractivity contribution is -0.138. The third-order valence-corrected chi connectivity index (χ3v) is 1.86. The number of nitrogens with zero attached hydrogens (tertiary/aromatic N) is 1. The van der Waals surface area contributed by atoms with Crippen molar-refractivity contribution < 1.29 is 14.4 Å².